The molecule has 7 heteroatoms. The van der Waals surface area contributed by atoms with Crippen LogP contribution in [-0.4, -0.2) is 73.3 Å². The van der Waals surface area contributed by atoms with E-state index in [2.05, 4.69) is 0 Å². The highest BCUT2D eigenvalue weighted by Gasteiger charge is 2.43. The molecular formula is C23H32N2O5. The van der Waals surface area contributed by atoms with Crippen LogP contribution in [0.5, 0.6) is 5.75 Å². The van der Waals surface area contributed by atoms with Crippen LogP contribution < -0.4 is 4.74 Å². The number of hydrogen-bond donors (Lipinski definition) is 0. The Morgan fingerprint density at radius 2 is 1.77 bits per heavy atom. The van der Waals surface area contributed by atoms with Gasteiger partial charge in [-0.25, -0.2) is 0 Å². The molecule has 0 radical (unpaired) electrons. The molecule has 2 unspecified atom stereocenters. The van der Waals surface area contributed by atoms with Gasteiger partial charge in [0.2, 0.25) is 0 Å². The number of benzene rings is 1. The lowest BCUT2D eigenvalue weighted by molar-refractivity contribution is -0.138. The molecule has 0 aromatic heterocycles. The molecule has 1 aromatic carbocycles. The molecule has 0 bridgehead atoms. The molecular weight excluding hydrogens is 384 g/mol. The van der Waals surface area contributed by atoms with Gasteiger partial charge in [0.1, 0.15) is 11.4 Å². The van der Waals surface area contributed by atoms with Crippen molar-refractivity contribution in [1.29, 1.82) is 0 Å². The van der Waals surface area contributed by atoms with Gasteiger partial charge in [-0.1, -0.05) is 18.2 Å². The van der Waals surface area contributed by atoms with E-state index in [1.54, 1.807) is 13.2 Å². The van der Waals surface area contributed by atoms with Crippen molar-refractivity contribution < 1.29 is 23.8 Å². The molecule has 2 aliphatic heterocycles. The molecule has 0 saturated carbocycles. The van der Waals surface area contributed by atoms with Crippen LogP contribution in [-0.2, 0) is 19.1 Å². The number of morpholine rings is 1. The summed E-state index contributed by atoms with van der Waals surface area (Å²) in [5.41, 5.74) is 1.49. The summed E-state index contributed by atoms with van der Waals surface area (Å²) in [6.45, 7) is 9.83. The molecule has 1 saturated heterocycles. The van der Waals surface area contributed by atoms with E-state index in [4.69, 9.17) is 14.2 Å². The van der Waals surface area contributed by atoms with E-state index in [9.17, 15) is 9.59 Å². The summed E-state index contributed by atoms with van der Waals surface area (Å²) >= 11 is 0. The molecule has 2 aliphatic rings. The Balaban J connectivity index is 1.96. The minimum Gasteiger partial charge on any atom is -0.496 e. The van der Waals surface area contributed by atoms with Crippen molar-refractivity contribution in [3.8, 4) is 5.75 Å². The number of nitrogens with zero attached hydrogens (tertiary/aromatic N) is 2. The summed E-state index contributed by atoms with van der Waals surface area (Å²) in [6, 6.07) is 7.34. The lowest BCUT2D eigenvalue weighted by Gasteiger charge is -2.37. The molecule has 0 aliphatic carbocycles. The lowest BCUT2D eigenvalue weighted by atomic mass is 10.0. The molecule has 0 spiro atoms. The van der Waals surface area contributed by atoms with Crippen molar-refractivity contribution >= 4 is 17.4 Å². The Bertz CT molecular complexity index is 810. The number of para-hydroxylation sites is 1. The standard InChI is InChI=1S/C23H32N2O5/c1-15(2)29-12-8-11-25-22(26)20(18-9-6-7-10-19(18)28-5)21(23(25)27)24-13-16(3)30-17(4)14-24/h6-7,9-10,15-17H,8,11-14H2,1-5H3. The zero-order valence-electron chi connectivity index (χ0n) is 18.5. The first kappa shape index (κ1) is 22.3. The third-order valence-electron chi connectivity index (χ3n) is 5.23. The summed E-state index contributed by atoms with van der Waals surface area (Å²) in [5.74, 6) is 0.0353. The SMILES string of the molecule is COc1ccccc1C1=C(N2CC(C)OC(C)C2)C(=O)N(CCCOC(C)C)C1=O. The topological polar surface area (TPSA) is 68.3 Å². The number of amides is 2. The minimum atomic E-state index is -0.282. The molecule has 1 fully saturated rings. The van der Waals surface area contributed by atoms with Gasteiger partial charge in [-0.2, -0.15) is 0 Å². The van der Waals surface area contributed by atoms with Gasteiger partial charge in [0.25, 0.3) is 11.8 Å². The normalized spacial score (nSPS) is 22.5. The zero-order valence-corrected chi connectivity index (χ0v) is 18.5. The predicted molar refractivity (Wildman–Crippen MR) is 114 cm³/mol. The van der Waals surface area contributed by atoms with Crippen molar-refractivity contribution in [3.05, 3.63) is 35.5 Å². The Kier molecular flexibility index (Phi) is 7.15. The van der Waals surface area contributed by atoms with Crippen LogP contribution in [0.3, 0.4) is 0 Å². The van der Waals surface area contributed by atoms with Gasteiger partial charge in [-0.15, -0.1) is 0 Å². The number of ether oxygens (including phenoxy) is 3. The fourth-order valence-electron chi connectivity index (χ4n) is 4.06. The highest BCUT2D eigenvalue weighted by Crippen LogP contribution is 2.37. The first-order chi connectivity index (χ1) is 14.3. The van der Waals surface area contributed by atoms with Gasteiger partial charge in [0.05, 0.1) is 31.0 Å². The second-order valence-corrected chi connectivity index (χ2v) is 8.12. The molecule has 1 aromatic rings. The molecule has 2 heterocycles. The highest BCUT2D eigenvalue weighted by atomic mass is 16.5. The van der Waals surface area contributed by atoms with Gasteiger partial charge in [0.15, 0.2) is 0 Å². The smallest absolute Gasteiger partial charge is 0.277 e. The number of imide groups is 1. The van der Waals surface area contributed by atoms with Crippen molar-refractivity contribution in [2.75, 3.05) is 33.4 Å². The van der Waals surface area contributed by atoms with Crippen LogP contribution in [0.1, 0.15) is 39.7 Å². The maximum absolute atomic E-state index is 13.4. The minimum absolute atomic E-state index is 0.0310. The molecule has 30 heavy (non-hydrogen) atoms. The largest absolute Gasteiger partial charge is 0.496 e. The van der Waals surface area contributed by atoms with Gasteiger partial charge in [-0.3, -0.25) is 14.5 Å². The summed E-state index contributed by atoms with van der Waals surface area (Å²) in [6.07, 6.45) is 0.648. The third kappa shape index (κ3) is 4.68. The van der Waals surface area contributed by atoms with Crippen LogP contribution in [0.15, 0.2) is 30.0 Å². The molecule has 2 amide bonds. The first-order valence-electron chi connectivity index (χ1n) is 10.6. The predicted octanol–water partition coefficient (Wildman–Crippen LogP) is 2.70. The van der Waals surface area contributed by atoms with Gasteiger partial charge in [-0.05, 0) is 40.2 Å². The van der Waals surface area contributed by atoms with Crippen LogP contribution >= 0.6 is 0 Å². The molecule has 0 N–H and O–H groups in total. The number of methoxy groups -OCH3 is 1. The second-order valence-electron chi connectivity index (χ2n) is 8.12. The Morgan fingerprint density at radius 3 is 2.40 bits per heavy atom. The average molecular weight is 417 g/mol. The van der Waals surface area contributed by atoms with Gasteiger partial charge < -0.3 is 19.1 Å². The Morgan fingerprint density at radius 1 is 1.10 bits per heavy atom. The van der Waals surface area contributed by atoms with Crippen molar-refractivity contribution in [1.82, 2.24) is 9.80 Å². The summed E-state index contributed by atoms with van der Waals surface area (Å²) in [5, 5.41) is 0. The van der Waals surface area contributed by atoms with E-state index in [0.29, 0.717) is 55.2 Å². The van der Waals surface area contributed by atoms with E-state index >= 15 is 0 Å². The second kappa shape index (κ2) is 9.62. The molecule has 2 atom stereocenters. The number of rotatable bonds is 8. The summed E-state index contributed by atoms with van der Waals surface area (Å²) in [4.78, 5) is 30.2. The van der Waals surface area contributed by atoms with Crippen LogP contribution in [0.4, 0.5) is 0 Å². The average Bonchev–Trinajstić information content (AvgIpc) is 2.94. The van der Waals surface area contributed by atoms with E-state index < -0.39 is 0 Å². The molecule has 164 valence electrons. The van der Waals surface area contributed by atoms with Gasteiger partial charge >= 0.3 is 0 Å². The van der Waals surface area contributed by atoms with Gasteiger partial charge in [0, 0.05) is 31.8 Å². The number of carbonyl (C=O) groups excluding carboxylic acids is 2. The van der Waals surface area contributed by atoms with Crippen LogP contribution in [0.25, 0.3) is 5.57 Å². The van der Waals surface area contributed by atoms with Crippen molar-refractivity contribution in [2.24, 2.45) is 0 Å². The van der Waals surface area contributed by atoms with E-state index in [-0.39, 0.29) is 30.1 Å². The van der Waals surface area contributed by atoms with E-state index in [1.165, 1.54) is 4.90 Å². The number of hydrogen-bond acceptors (Lipinski definition) is 6. The summed E-state index contributed by atoms with van der Waals surface area (Å²) < 4.78 is 16.9. The third-order valence-corrected chi connectivity index (χ3v) is 5.23. The molecule has 7 nitrogen and oxygen atoms in total. The van der Waals surface area contributed by atoms with E-state index in [0.717, 1.165) is 0 Å². The first-order valence-corrected chi connectivity index (χ1v) is 10.6. The summed E-state index contributed by atoms with van der Waals surface area (Å²) in [7, 11) is 1.57. The molecule has 3 rings (SSSR count). The van der Waals surface area contributed by atoms with E-state index in [1.807, 2.05) is 50.8 Å². The van der Waals surface area contributed by atoms with Crippen molar-refractivity contribution in [2.45, 2.75) is 52.4 Å². The maximum atomic E-state index is 13.4. The maximum Gasteiger partial charge on any atom is 0.277 e. The Hall–Kier alpha value is -2.38. The fourth-order valence-corrected chi connectivity index (χ4v) is 4.06. The van der Waals surface area contributed by atoms with Crippen LogP contribution in [0.2, 0.25) is 0 Å². The highest BCUT2D eigenvalue weighted by molar-refractivity contribution is 6.36. The monoisotopic (exact) mass is 416 g/mol. The van der Waals surface area contributed by atoms with Crippen molar-refractivity contribution in [3.63, 3.8) is 0 Å². The quantitative estimate of drug-likeness (QED) is 0.480. The zero-order chi connectivity index (χ0) is 21.8. The van der Waals surface area contributed by atoms with Crippen LogP contribution in [0, 0.1) is 0 Å². The Labute approximate surface area is 178 Å². The number of carbonyl (C=O) groups is 2. The fraction of sp³-hybridized carbons (Fsp3) is 0.565. The lowest BCUT2D eigenvalue weighted by Crippen LogP contribution is -2.47.